The maximum absolute atomic E-state index is 13.6. The van der Waals surface area contributed by atoms with Crippen LogP contribution in [0.2, 0.25) is 0 Å². The van der Waals surface area contributed by atoms with E-state index in [0.717, 1.165) is 86.7 Å². The standard InChI is InChI=1S/C35H41N5O6.C35H40N4O7.C23H26N4O3/c1-35(2,3)46-34(44)39(21-23-12-14-27(45-4)15-13-23)29-20-24(16-17-37-29)19-28-30(31(36)41)40(32(28)42)33(43)38-18-8-11-26(22-38)25-9-6-5-7-10-25;1-35(2,3)46-34(44)38(21-23-12-14-27(45-4)15-13-23)29-20-24(16-17-36-29)19-28-30(32(41)42)39(31(28)40)33(43)37-18-8-11-26(22-37)25-9-6-5-7-10-25;1-15-12-16(9-10-25-15)13-19-20(21(24)28)27(22(19)29)23(30)26-11-5-8-18(14-26)17-6-3-2-4-7-17/h5-7,9-10,12-17,20,26,28,30H,8,11,18-19,21-22H2,1-4H3,(H2,36,41);5-7,9-10,12-17,20,26,28,30H,8,11,18-19,21-22H2,1-4H3,(H,41,42);2-4,6-7,9-10,12,18-20H,5,8,11,13-14H2,1H3,(H2,24,28)/t2*26-,28+,30-;18-,19+,20-/m000/s1. The number of urea groups is 3. The number of amides is 13. The van der Waals surface area contributed by atoms with Gasteiger partial charge in [0.05, 0.1) is 45.1 Å². The number of carbonyl (C=O) groups excluding carboxylic acids is 10. The van der Waals surface area contributed by atoms with Crippen molar-refractivity contribution in [1.82, 2.24) is 44.4 Å². The second kappa shape index (κ2) is 39.0. The van der Waals surface area contributed by atoms with Gasteiger partial charge in [-0.3, -0.25) is 48.6 Å². The molecule has 29 nitrogen and oxygen atoms in total. The average molecular weight is 1660 g/mol. The molecule has 0 unspecified atom stereocenters. The lowest BCUT2D eigenvalue weighted by Crippen LogP contribution is -2.70. The van der Waals surface area contributed by atoms with E-state index in [1.165, 1.54) is 21.6 Å². The second-order valence-corrected chi connectivity index (χ2v) is 33.6. The molecule has 6 aliphatic heterocycles. The Bertz CT molecular complexity index is 4850. The number of hydrogen-bond acceptors (Lipinski definition) is 18. The number of anilines is 2. The Balaban J connectivity index is 0.000000171. The Morgan fingerprint density at radius 2 is 0.738 bits per heavy atom. The van der Waals surface area contributed by atoms with Crippen molar-refractivity contribution in [3.8, 4) is 11.5 Å². The van der Waals surface area contributed by atoms with Gasteiger partial charge >= 0.3 is 36.2 Å². The van der Waals surface area contributed by atoms with Gasteiger partial charge in [0.1, 0.15) is 46.4 Å². The molecule has 8 aromatic rings. The first kappa shape index (κ1) is 88.2. The van der Waals surface area contributed by atoms with Gasteiger partial charge in [-0.05, 0) is 211 Å². The summed E-state index contributed by atoms with van der Waals surface area (Å²) in [7, 11) is 3.15. The van der Waals surface area contributed by atoms with Gasteiger partial charge in [0, 0.05) is 81.3 Å². The van der Waals surface area contributed by atoms with Crippen LogP contribution in [0.1, 0.15) is 148 Å². The molecule has 14 rings (SSSR count). The summed E-state index contributed by atoms with van der Waals surface area (Å²) >= 11 is 0. The fourth-order valence-corrected chi connectivity index (χ4v) is 16.6. The van der Waals surface area contributed by atoms with Gasteiger partial charge in [-0.1, -0.05) is 115 Å². The third kappa shape index (κ3) is 21.4. The molecule has 5 aromatic carbocycles. The molecule has 640 valence electrons. The van der Waals surface area contributed by atoms with Gasteiger partial charge in [0.2, 0.25) is 29.5 Å². The predicted octanol–water partition coefficient (Wildman–Crippen LogP) is 12.6. The number of nitrogens with two attached hydrogens (primary N) is 2. The molecule has 122 heavy (non-hydrogen) atoms. The van der Waals surface area contributed by atoms with Crippen LogP contribution >= 0.6 is 0 Å². The maximum atomic E-state index is 13.6. The van der Waals surface area contributed by atoms with E-state index in [0.29, 0.717) is 74.1 Å². The third-order valence-electron chi connectivity index (χ3n) is 22.7. The van der Waals surface area contributed by atoms with Crippen molar-refractivity contribution < 1.29 is 76.8 Å². The minimum absolute atomic E-state index is 0.0619. The number of benzene rings is 5. The van der Waals surface area contributed by atoms with E-state index in [-0.39, 0.29) is 55.4 Å². The highest BCUT2D eigenvalue weighted by atomic mass is 16.6. The van der Waals surface area contributed by atoms with Crippen molar-refractivity contribution in [1.29, 1.82) is 0 Å². The number of carbonyl (C=O) groups is 11. The monoisotopic (exact) mass is 1660 g/mol. The first-order valence-electron chi connectivity index (χ1n) is 41.3. The highest BCUT2D eigenvalue weighted by molar-refractivity contribution is 6.10. The quantitative estimate of drug-likeness (QED) is 0.0597. The van der Waals surface area contributed by atoms with Crippen LogP contribution in [0.5, 0.6) is 11.5 Å². The van der Waals surface area contributed by atoms with E-state index in [4.69, 9.17) is 30.4 Å². The summed E-state index contributed by atoms with van der Waals surface area (Å²) in [6.07, 6.45) is 9.35. The number of nitrogens with zero attached hydrogens (tertiary/aromatic N) is 11. The minimum atomic E-state index is -1.30. The van der Waals surface area contributed by atoms with Crippen LogP contribution in [-0.4, -0.2) is 198 Å². The Morgan fingerprint density at radius 3 is 1.04 bits per heavy atom. The highest BCUT2D eigenvalue weighted by Crippen LogP contribution is 2.40. The number of β-lactam (4-membered cyclic amide) rings is 3. The number of aryl methyl sites for hydroxylation is 1. The molecular formula is C93H107N13O16. The molecule has 6 saturated heterocycles. The smallest absolute Gasteiger partial charge is 0.416 e. The molecule has 0 bridgehead atoms. The fourth-order valence-electron chi connectivity index (χ4n) is 16.6. The number of hydrogen-bond donors (Lipinski definition) is 3. The predicted molar refractivity (Wildman–Crippen MR) is 454 cm³/mol. The van der Waals surface area contributed by atoms with Crippen LogP contribution in [0, 0.1) is 24.7 Å². The van der Waals surface area contributed by atoms with Gasteiger partial charge in [-0.2, -0.15) is 0 Å². The van der Waals surface area contributed by atoms with Crippen LogP contribution in [0.4, 0.5) is 35.6 Å². The Morgan fingerprint density at radius 1 is 0.426 bits per heavy atom. The van der Waals surface area contributed by atoms with Crippen molar-refractivity contribution in [3.63, 3.8) is 0 Å². The lowest BCUT2D eigenvalue weighted by molar-refractivity contribution is -0.166. The van der Waals surface area contributed by atoms with Crippen molar-refractivity contribution in [2.45, 2.75) is 166 Å². The molecule has 0 saturated carbocycles. The lowest BCUT2D eigenvalue weighted by atomic mass is 9.82. The van der Waals surface area contributed by atoms with Crippen LogP contribution in [0.15, 0.2) is 195 Å². The summed E-state index contributed by atoms with van der Waals surface area (Å²) in [4.78, 5) is 167. The summed E-state index contributed by atoms with van der Waals surface area (Å²) in [5.74, 6) is -3.83. The molecule has 6 aliphatic rings. The highest BCUT2D eigenvalue weighted by Gasteiger charge is 2.58. The van der Waals surface area contributed by atoms with Crippen molar-refractivity contribution in [2.24, 2.45) is 29.2 Å². The van der Waals surface area contributed by atoms with Crippen molar-refractivity contribution in [2.75, 3.05) is 63.3 Å². The number of methoxy groups -OCH3 is 2. The van der Waals surface area contributed by atoms with Crippen LogP contribution < -0.4 is 30.7 Å². The first-order chi connectivity index (χ1) is 58.3. The molecule has 5 N–H and O–H groups in total. The van der Waals surface area contributed by atoms with Crippen molar-refractivity contribution >= 4 is 77.4 Å². The number of rotatable bonds is 20. The number of imide groups is 3. The number of carboxylic acids is 1. The van der Waals surface area contributed by atoms with Gasteiger partial charge in [0.25, 0.3) is 0 Å². The van der Waals surface area contributed by atoms with E-state index in [1.54, 1.807) is 131 Å². The van der Waals surface area contributed by atoms with Crippen LogP contribution in [-0.2, 0) is 70.6 Å². The molecule has 9 atom stereocenters. The zero-order valence-electron chi connectivity index (χ0n) is 70.3. The topological polar surface area (TPSA) is 362 Å². The molecule has 9 heterocycles. The molecule has 6 fully saturated rings. The summed E-state index contributed by atoms with van der Waals surface area (Å²) in [6.45, 7) is 15.8. The Hall–Kier alpha value is -13.1. The minimum Gasteiger partial charge on any atom is -0.497 e. The number of likely N-dealkylation sites (tertiary alicyclic amines) is 6. The van der Waals surface area contributed by atoms with Crippen LogP contribution in [0.25, 0.3) is 0 Å². The second-order valence-electron chi connectivity index (χ2n) is 33.6. The zero-order valence-corrected chi connectivity index (χ0v) is 70.3. The largest absolute Gasteiger partial charge is 0.497 e. The SMILES string of the molecule is COc1ccc(CN(C(=O)OC(C)(C)C)c2cc(C[C@H]3C(=O)N(C(=O)N4CCC[C@H](c5ccccc5)C4)[C@@H]3C(=O)O)ccn2)cc1.COc1ccc(CN(C(=O)OC(C)(C)C)c2cc(C[C@H]3C(=O)N(C(=O)N4CCC[C@H](c5ccccc5)C4)[C@@H]3C(N)=O)ccn2)cc1.Cc1cc(C[C@H]2C(=O)N(C(=O)N3CCC[C@H](c4ccccc4)C3)[C@@H]2C(N)=O)ccn1. The number of aliphatic carboxylic acids is 1. The van der Waals surface area contributed by atoms with E-state index < -0.39 is 107 Å². The maximum Gasteiger partial charge on any atom is 0.416 e. The summed E-state index contributed by atoms with van der Waals surface area (Å²) < 4.78 is 21.8. The summed E-state index contributed by atoms with van der Waals surface area (Å²) in [5, 5.41) is 10.1. The Kier molecular flexibility index (Phi) is 28.2. The van der Waals surface area contributed by atoms with Crippen LogP contribution in [0.3, 0.4) is 0 Å². The number of piperidine rings is 3. The van der Waals surface area contributed by atoms with E-state index in [2.05, 4.69) is 27.1 Å². The van der Waals surface area contributed by atoms with E-state index in [1.807, 2.05) is 122 Å². The normalized spacial score (nSPS) is 20.7. The fraction of sp³-hybridized carbons (Fsp3) is 0.398. The van der Waals surface area contributed by atoms with E-state index in [9.17, 15) is 57.8 Å². The lowest BCUT2D eigenvalue weighted by Gasteiger charge is -2.46. The molecule has 13 amide bonds. The average Bonchev–Trinajstić information content (AvgIpc) is 0.751. The third-order valence-corrected chi connectivity index (χ3v) is 22.7. The summed E-state index contributed by atoms with van der Waals surface area (Å²) in [5.41, 5.74) is 17.9. The summed E-state index contributed by atoms with van der Waals surface area (Å²) in [6, 6.07) is 50.2. The number of primary amides is 2. The number of pyridine rings is 3. The van der Waals surface area contributed by atoms with Gasteiger partial charge in [0.15, 0.2) is 6.04 Å². The van der Waals surface area contributed by atoms with Gasteiger partial charge in [-0.25, -0.2) is 43.6 Å². The number of ether oxygens (including phenoxy) is 4. The molecule has 0 spiro atoms. The zero-order chi connectivity index (χ0) is 87.3. The van der Waals surface area contributed by atoms with Gasteiger partial charge < -0.3 is 50.2 Å². The molecule has 0 radical (unpaired) electrons. The molecule has 29 heteroatoms. The molecule has 0 aliphatic carbocycles. The number of aromatic nitrogens is 3. The molecule has 3 aromatic heterocycles. The van der Waals surface area contributed by atoms with Gasteiger partial charge in [-0.15, -0.1) is 0 Å². The Labute approximate surface area is 710 Å². The van der Waals surface area contributed by atoms with E-state index >= 15 is 0 Å². The van der Waals surface area contributed by atoms with Crippen molar-refractivity contribution in [3.05, 3.63) is 245 Å². The number of carboxylic acid groups (broad SMARTS) is 1. The first-order valence-corrected chi connectivity index (χ1v) is 41.3. The molecular weight excluding hydrogens is 1560 g/mol.